The normalized spacial score (nSPS) is 13.6. The number of fused-ring (bicyclic) bond motifs is 1. The van der Waals surface area contributed by atoms with Crippen molar-refractivity contribution in [2.45, 2.75) is 19.6 Å². The molecular weight excluding hydrogens is 392 g/mol. The van der Waals surface area contributed by atoms with E-state index in [9.17, 15) is 19.2 Å². The number of nitrogens with two attached hydrogens (primary N) is 1. The summed E-state index contributed by atoms with van der Waals surface area (Å²) in [5.41, 5.74) is 6.14. The number of carbonyl (C=O) groups is 4. The molecule has 30 heavy (non-hydrogen) atoms. The number of nitrogens with zero attached hydrogens (tertiary/aromatic N) is 1. The van der Waals surface area contributed by atoms with E-state index in [1.807, 2.05) is 0 Å². The van der Waals surface area contributed by atoms with E-state index >= 15 is 0 Å². The second kappa shape index (κ2) is 8.24. The van der Waals surface area contributed by atoms with Crippen molar-refractivity contribution in [3.63, 3.8) is 0 Å². The lowest BCUT2D eigenvalue weighted by Crippen LogP contribution is -2.31. The number of carbonyl (C=O) groups excluding carboxylic acids is 4. The smallest absolute Gasteiger partial charge is 0.339 e. The number of benzene rings is 2. The third-order valence-electron chi connectivity index (χ3n) is 4.68. The van der Waals surface area contributed by atoms with Crippen molar-refractivity contribution in [3.05, 3.63) is 58.7 Å². The van der Waals surface area contributed by atoms with E-state index in [1.165, 1.54) is 33.3 Å². The second-order valence-corrected chi connectivity index (χ2v) is 6.56. The molecule has 3 amide bonds. The number of rotatable bonds is 7. The molecule has 2 aromatic rings. The van der Waals surface area contributed by atoms with Crippen molar-refractivity contribution < 1.29 is 33.4 Å². The van der Waals surface area contributed by atoms with Crippen LogP contribution in [-0.4, -0.2) is 48.9 Å². The Morgan fingerprint density at radius 1 is 1.03 bits per heavy atom. The minimum atomic E-state index is -1.13. The molecule has 9 heteroatoms. The van der Waals surface area contributed by atoms with Crippen molar-refractivity contribution in [1.29, 1.82) is 0 Å². The minimum Gasteiger partial charge on any atom is -0.493 e. The van der Waals surface area contributed by atoms with Crippen molar-refractivity contribution in [3.8, 4) is 11.5 Å². The third kappa shape index (κ3) is 3.69. The largest absolute Gasteiger partial charge is 0.493 e. The summed E-state index contributed by atoms with van der Waals surface area (Å²) >= 11 is 0. The molecule has 0 aromatic heterocycles. The van der Waals surface area contributed by atoms with Gasteiger partial charge in [-0.3, -0.25) is 19.3 Å². The van der Waals surface area contributed by atoms with Crippen LogP contribution in [0.1, 0.15) is 43.6 Å². The fourth-order valence-electron chi connectivity index (χ4n) is 3.12. The maximum Gasteiger partial charge on any atom is 0.339 e. The molecule has 9 nitrogen and oxygen atoms in total. The predicted molar refractivity (Wildman–Crippen MR) is 104 cm³/mol. The molecule has 0 fully saturated rings. The fourth-order valence-corrected chi connectivity index (χ4v) is 3.12. The Kier molecular flexibility index (Phi) is 5.72. The molecule has 156 valence electrons. The lowest BCUT2D eigenvalue weighted by Gasteiger charge is -2.19. The highest BCUT2D eigenvalue weighted by molar-refractivity contribution is 6.21. The zero-order valence-corrected chi connectivity index (χ0v) is 16.6. The van der Waals surface area contributed by atoms with Crippen LogP contribution in [-0.2, 0) is 16.1 Å². The molecule has 3 rings (SSSR count). The monoisotopic (exact) mass is 412 g/mol. The summed E-state index contributed by atoms with van der Waals surface area (Å²) in [6.07, 6.45) is -1.13. The molecule has 1 heterocycles. The van der Waals surface area contributed by atoms with Gasteiger partial charge in [-0.1, -0.05) is 12.1 Å². The van der Waals surface area contributed by atoms with Crippen LogP contribution >= 0.6 is 0 Å². The van der Waals surface area contributed by atoms with Gasteiger partial charge in [-0.15, -0.1) is 0 Å². The topological polar surface area (TPSA) is 125 Å². The van der Waals surface area contributed by atoms with Crippen LogP contribution in [0.15, 0.2) is 36.4 Å². The number of methoxy groups -OCH3 is 2. The van der Waals surface area contributed by atoms with Gasteiger partial charge in [-0.2, -0.15) is 0 Å². The predicted octanol–water partition coefficient (Wildman–Crippen LogP) is 1.53. The first-order valence-corrected chi connectivity index (χ1v) is 8.98. The number of hydrogen-bond donors (Lipinski definition) is 1. The fraction of sp³-hybridized carbons (Fsp3) is 0.238. The Morgan fingerprint density at radius 2 is 1.63 bits per heavy atom. The van der Waals surface area contributed by atoms with E-state index in [2.05, 4.69) is 0 Å². The SMILES string of the molecule is COc1cc(C(=O)O[C@@H](C)C(N)=O)cc(CN2C(=O)c3ccccc3C2=O)c1OC. The Hall–Kier alpha value is -3.88. The van der Waals surface area contributed by atoms with Gasteiger partial charge in [0.15, 0.2) is 17.6 Å². The van der Waals surface area contributed by atoms with Crippen molar-refractivity contribution >= 4 is 23.7 Å². The Labute approximate surface area is 172 Å². The zero-order valence-electron chi connectivity index (χ0n) is 16.6. The lowest BCUT2D eigenvalue weighted by atomic mass is 10.1. The maximum atomic E-state index is 12.7. The Morgan fingerprint density at radius 3 is 2.13 bits per heavy atom. The van der Waals surface area contributed by atoms with Gasteiger partial charge in [0.1, 0.15) is 0 Å². The molecule has 0 aliphatic carbocycles. The zero-order chi connectivity index (χ0) is 22.0. The first-order chi connectivity index (χ1) is 14.3. The standard InChI is InChI=1S/C21H20N2O7/c1-11(18(22)24)30-21(27)12-8-13(17(29-3)16(9-12)28-2)10-23-19(25)14-6-4-5-7-15(14)20(23)26/h4-9,11H,10H2,1-3H3,(H2,22,24)/t11-/m0/s1. The van der Waals surface area contributed by atoms with Crippen LogP contribution < -0.4 is 15.2 Å². The third-order valence-corrected chi connectivity index (χ3v) is 4.68. The summed E-state index contributed by atoms with van der Waals surface area (Å²) < 4.78 is 15.7. The summed E-state index contributed by atoms with van der Waals surface area (Å²) in [5.74, 6) is -2.06. The van der Waals surface area contributed by atoms with Gasteiger partial charge in [0.25, 0.3) is 17.7 Å². The molecule has 1 atom stereocenters. The molecule has 2 aromatic carbocycles. The van der Waals surface area contributed by atoms with E-state index in [0.29, 0.717) is 16.7 Å². The summed E-state index contributed by atoms with van der Waals surface area (Å²) in [7, 11) is 2.78. The van der Waals surface area contributed by atoms with Gasteiger partial charge >= 0.3 is 5.97 Å². The van der Waals surface area contributed by atoms with Gasteiger partial charge < -0.3 is 19.9 Å². The van der Waals surface area contributed by atoms with Gasteiger partial charge in [0.2, 0.25) is 0 Å². The molecule has 0 spiro atoms. The summed E-state index contributed by atoms with van der Waals surface area (Å²) in [5, 5.41) is 0. The Bertz CT molecular complexity index is 1010. The Balaban J connectivity index is 1.98. The molecule has 2 N–H and O–H groups in total. The number of amides is 3. The van der Waals surface area contributed by atoms with Gasteiger partial charge in [-0.25, -0.2) is 4.79 Å². The quantitative estimate of drug-likeness (QED) is 0.540. The molecule has 0 saturated carbocycles. The molecule has 1 aliphatic heterocycles. The molecule has 0 radical (unpaired) electrons. The highest BCUT2D eigenvalue weighted by atomic mass is 16.5. The molecule has 1 aliphatic rings. The van der Waals surface area contributed by atoms with E-state index < -0.39 is 29.8 Å². The van der Waals surface area contributed by atoms with Crippen molar-refractivity contribution in [1.82, 2.24) is 4.90 Å². The van der Waals surface area contributed by atoms with E-state index in [4.69, 9.17) is 19.9 Å². The first-order valence-electron chi connectivity index (χ1n) is 8.98. The first kappa shape index (κ1) is 20.8. The van der Waals surface area contributed by atoms with Crippen LogP contribution in [0.25, 0.3) is 0 Å². The highest BCUT2D eigenvalue weighted by Crippen LogP contribution is 2.35. The summed E-state index contributed by atoms with van der Waals surface area (Å²) in [6.45, 7) is 1.19. The second-order valence-electron chi connectivity index (χ2n) is 6.56. The minimum absolute atomic E-state index is 0.0485. The van der Waals surface area contributed by atoms with E-state index in [1.54, 1.807) is 24.3 Å². The van der Waals surface area contributed by atoms with Gasteiger partial charge in [0.05, 0.1) is 37.5 Å². The molecule has 0 unspecified atom stereocenters. The van der Waals surface area contributed by atoms with Crippen molar-refractivity contribution in [2.24, 2.45) is 5.73 Å². The van der Waals surface area contributed by atoms with Crippen LogP contribution in [0.4, 0.5) is 0 Å². The molecule has 0 bridgehead atoms. The van der Waals surface area contributed by atoms with Crippen molar-refractivity contribution in [2.75, 3.05) is 14.2 Å². The number of imide groups is 1. The van der Waals surface area contributed by atoms with Gasteiger partial charge in [0, 0.05) is 5.56 Å². The number of esters is 1. The lowest BCUT2D eigenvalue weighted by molar-refractivity contribution is -0.125. The van der Waals surface area contributed by atoms with E-state index in [0.717, 1.165) is 4.90 Å². The van der Waals surface area contributed by atoms with Crippen LogP contribution in [0, 0.1) is 0 Å². The van der Waals surface area contributed by atoms with E-state index in [-0.39, 0.29) is 23.6 Å². The average molecular weight is 412 g/mol. The molecule has 0 saturated heterocycles. The number of primary amides is 1. The van der Waals surface area contributed by atoms with Gasteiger partial charge in [-0.05, 0) is 31.2 Å². The maximum absolute atomic E-state index is 12.7. The summed E-state index contributed by atoms with van der Waals surface area (Å²) in [6, 6.07) is 9.29. The van der Waals surface area contributed by atoms with Crippen LogP contribution in [0.3, 0.4) is 0 Å². The molecular formula is C21H20N2O7. The number of ether oxygens (including phenoxy) is 3. The highest BCUT2D eigenvalue weighted by Gasteiger charge is 2.36. The number of hydrogen-bond acceptors (Lipinski definition) is 7. The van der Waals surface area contributed by atoms with Crippen LogP contribution in [0.2, 0.25) is 0 Å². The van der Waals surface area contributed by atoms with Crippen LogP contribution in [0.5, 0.6) is 11.5 Å². The average Bonchev–Trinajstić information content (AvgIpc) is 2.98. The summed E-state index contributed by atoms with van der Waals surface area (Å²) in [4.78, 5) is 50.1.